The average Bonchev–Trinajstić information content (AvgIpc) is 2.39. The van der Waals surface area contributed by atoms with E-state index in [0.717, 1.165) is 0 Å². The van der Waals surface area contributed by atoms with Crippen LogP contribution in [0.5, 0.6) is 0 Å². The highest BCUT2D eigenvalue weighted by Gasteiger charge is 2.14. The Morgan fingerprint density at radius 3 is 2.28 bits per heavy atom. The van der Waals surface area contributed by atoms with Crippen LogP contribution < -0.4 is 10.6 Å². The Kier molecular flexibility index (Phi) is 10.2. The maximum Gasteiger partial charge on any atom is 0.309 e. The molecule has 7 nitrogen and oxygen atoms in total. The number of carbonyl (C=O) groups is 2. The largest absolute Gasteiger partial charge is 0.382 e. The molecule has 0 aromatic carbocycles. The van der Waals surface area contributed by atoms with E-state index in [1.165, 1.54) is 14.2 Å². The van der Waals surface area contributed by atoms with Gasteiger partial charge >= 0.3 is 11.8 Å². The molecule has 0 rings (SSSR count). The predicted molar refractivity (Wildman–Crippen MR) is 64.9 cm³/mol. The van der Waals surface area contributed by atoms with Gasteiger partial charge in [0.05, 0.1) is 6.54 Å². The summed E-state index contributed by atoms with van der Waals surface area (Å²) < 4.78 is 14.8. The zero-order valence-corrected chi connectivity index (χ0v) is 11.2. The second-order valence-corrected chi connectivity index (χ2v) is 3.42. The first-order valence-corrected chi connectivity index (χ1v) is 5.85. The minimum atomic E-state index is -0.703. The van der Waals surface area contributed by atoms with Gasteiger partial charge in [-0.1, -0.05) is 0 Å². The molecule has 0 bridgehead atoms. The van der Waals surface area contributed by atoms with E-state index in [1.54, 1.807) is 0 Å². The van der Waals surface area contributed by atoms with Crippen LogP contribution in [0.2, 0.25) is 0 Å². The summed E-state index contributed by atoms with van der Waals surface area (Å²) in [5, 5.41) is 4.89. The molecule has 2 N–H and O–H groups in total. The number of hydrogen-bond acceptors (Lipinski definition) is 5. The third-order valence-electron chi connectivity index (χ3n) is 2.12. The van der Waals surface area contributed by atoms with Gasteiger partial charge in [-0.25, -0.2) is 0 Å². The fraction of sp³-hybridized carbons (Fsp3) is 0.818. The van der Waals surface area contributed by atoms with E-state index in [2.05, 4.69) is 10.6 Å². The van der Waals surface area contributed by atoms with Gasteiger partial charge in [0, 0.05) is 34.0 Å². The highest BCUT2D eigenvalue weighted by molar-refractivity contribution is 6.35. The van der Waals surface area contributed by atoms with Crippen molar-refractivity contribution in [3.05, 3.63) is 0 Å². The fourth-order valence-electron chi connectivity index (χ4n) is 1.12. The van der Waals surface area contributed by atoms with E-state index in [-0.39, 0.29) is 6.54 Å². The predicted octanol–water partition coefficient (Wildman–Crippen LogP) is -0.736. The molecule has 106 valence electrons. The molecule has 0 radical (unpaired) electrons. The molecular formula is C11H22N2O5. The van der Waals surface area contributed by atoms with Gasteiger partial charge in [-0.3, -0.25) is 9.59 Å². The quantitative estimate of drug-likeness (QED) is 0.325. The number of nitrogens with one attached hydrogen (secondary N) is 2. The summed E-state index contributed by atoms with van der Waals surface area (Å²) in [5.41, 5.74) is 0. The summed E-state index contributed by atoms with van der Waals surface area (Å²) in [6.45, 7) is 3.63. The van der Waals surface area contributed by atoms with Gasteiger partial charge in [0.2, 0.25) is 0 Å². The summed E-state index contributed by atoms with van der Waals surface area (Å²) in [4.78, 5) is 22.7. The lowest BCUT2D eigenvalue weighted by molar-refractivity contribution is -0.141. The molecule has 0 unspecified atom stereocenters. The van der Waals surface area contributed by atoms with Gasteiger partial charge in [0.15, 0.2) is 6.29 Å². The van der Waals surface area contributed by atoms with Crippen molar-refractivity contribution in [3.63, 3.8) is 0 Å². The summed E-state index contributed by atoms with van der Waals surface area (Å²) in [5.74, 6) is -1.37. The van der Waals surface area contributed by atoms with E-state index in [9.17, 15) is 9.59 Å². The molecular weight excluding hydrogens is 240 g/mol. The lowest BCUT2D eigenvalue weighted by Crippen LogP contribution is -2.43. The molecule has 0 aliphatic rings. The average molecular weight is 262 g/mol. The zero-order valence-electron chi connectivity index (χ0n) is 11.2. The molecule has 0 atom stereocenters. The first-order chi connectivity index (χ1) is 8.65. The summed E-state index contributed by atoms with van der Waals surface area (Å²) in [6.07, 6.45) is 0.116. The molecule has 7 heteroatoms. The highest BCUT2D eigenvalue weighted by atomic mass is 16.7. The van der Waals surface area contributed by atoms with Crippen LogP contribution in [0.1, 0.15) is 13.3 Å². The van der Waals surface area contributed by atoms with Gasteiger partial charge in [0.25, 0.3) is 0 Å². The Bertz CT molecular complexity index is 244. The third kappa shape index (κ3) is 7.99. The molecule has 18 heavy (non-hydrogen) atoms. The second-order valence-electron chi connectivity index (χ2n) is 3.42. The monoisotopic (exact) mass is 262 g/mol. The molecule has 0 aromatic rings. The maximum absolute atomic E-state index is 11.3. The Balaban J connectivity index is 3.66. The number of methoxy groups -OCH3 is 2. The number of amides is 2. The van der Waals surface area contributed by atoms with Crippen molar-refractivity contribution in [3.8, 4) is 0 Å². The van der Waals surface area contributed by atoms with Crippen LogP contribution in [0.25, 0.3) is 0 Å². The minimum Gasteiger partial charge on any atom is -0.382 e. The van der Waals surface area contributed by atoms with Gasteiger partial charge in [-0.15, -0.1) is 0 Å². The topological polar surface area (TPSA) is 85.9 Å². The Morgan fingerprint density at radius 1 is 1.11 bits per heavy atom. The van der Waals surface area contributed by atoms with Crippen LogP contribution in [0, 0.1) is 0 Å². The van der Waals surface area contributed by atoms with Gasteiger partial charge < -0.3 is 24.8 Å². The number of carbonyl (C=O) groups excluding carboxylic acids is 2. The molecule has 2 amide bonds. The van der Waals surface area contributed by atoms with E-state index in [0.29, 0.717) is 26.2 Å². The molecule has 0 aromatic heterocycles. The van der Waals surface area contributed by atoms with E-state index in [1.807, 2.05) is 6.92 Å². The molecule has 0 fully saturated rings. The lowest BCUT2D eigenvalue weighted by Gasteiger charge is -2.13. The van der Waals surface area contributed by atoms with Crippen molar-refractivity contribution in [2.75, 3.05) is 40.5 Å². The summed E-state index contributed by atoms with van der Waals surface area (Å²) >= 11 is 0. The van der Waals surface area contributed by atoms with Crippen molar-refractivity contribution in [2.24, 2.45) is 0 Å². The Hall–Kier alpha value is -1.18. The minimum absolute atomic E-state index is 0.123. The molecule has 0 aliphatic carbocycles. The normalized spacial score (nSPS) is 10.4. The number of hydrogen-bond donors (Lipinski definition) is 2. The molecule has 0 aliphatic heterocycles. The fourth-order valence-corrected chi connectivity index (χ4v) is 1.12. The van der Waals surface area contributed by atoms with Gasteiger partial charge in [-0.2, -0.15) is 0 Å². The standard InChI is InChI=1S/C11H22N2O5/c1-4-18-7-5-6-12-10(14)11(15)13-8-9(16-2)17-3/h9H,4-8H2,1-3H3,(H,12,14)(H,13,15). The zero-order chi connectivity index (χ0) is 13.8. The van der Waals surface area contributed by atoms with Crippen LogP contribution >= 0.6 is 0 Å². The van der Waals surface area contributed by atoms with Gasteiger partial charge in [-0.05, 0) is 13.3 Å². The van der Waals surface area contributed by atoms with Crippen LogP contribution in [0.4, 0.5) is 0 Å². The molecule has 0 saturated carbocycles. The van der Waals surface area contributed by atoms with Crippen LogP contribution in [0.15, 0.2) is 0 Å². The first kappa shape index (κ1) is 16.8. The van der Waals surface area contributed by atoms with E-state index < -0.39 is 18.1 Å². The van der Waals surface area contributed by atoms with Crippen LogP contribution in [-0.2, 0) is 23.8 Å². The maximum atomic E-state index is 11.3. The summed E-state index contributed by atoms with van der Waals surface area (Å²) in [6, 6.07) is 0. The highest BCUT2D eigenvalue weighted by Crippen LogP contribution is 1.87. The SMILES string of the molecule is CCOCCCNC(=O)C(=O)NCC(OC)OC. The smallest absolute Gasteiger partial charge is 0.309 e. The van der Waals surface area contributed by atoms with Crippen LogP contribution in [-0.4, -0.2) is 58.6 Å². The molecule has 0 heterocycles. The number of rotatable bonds is 9. The Labute approximate surface area is 107 Å². The first-order valence-electron chi connectivity index (χ1n) is 5.85. The van der Waals surface area contributed by atoms with E-state index in [4.69, 9.17) is 14.2 Å². The Morgan fingerprint density at radius 2 is 1.72 bits per heavy atom. The van der Waals surface area contributed by atoms with Crippen molar-refractivity contribution in [2.45, 2.75) is 19.6 Å². The molecule has 0 saturated heterocycles. The van der Waals surface area contributed by atoms with Crippen molar-refractivity contribution in [1.29, 1.82) is 0 Å². The van der Waals surface area contributed by atoms with E-state index >= 15 is 0 Å². The van der Waals surface area contributed by atoms with Crippen LogP contribution in [0.3, 0.4) is 0 Å². The lowest BCUT2D eigenvalue weighted by atomic mass is 10.4. The molecule has 0 spiro atoms. The van der Waals surface area contributed by atoms with Crippen molar-refractivity contribution >= 4 is 11.8 Å². The second kappa shape index (κ2) is 10.9. The summed E-state index contributed by atoms with van der Waals surface area (Å²) in [7, 11) is 2.91. The third-order valence-corrected chi connectivity index (χ3v) is 2.12. The number of ether oxygens (including phenoxy) is 3. The van der Waals surface area contributed by atoms with Crippen molar-refractivity contribution < 1.29 is 23.8 Å². The van der Waals surface area contributed by atoms with Crippen molar-refractivity contribution in [1.82, 2.24) is 10.6 Å². The van der Waals surface area contributed by atoms with Gasteiger partial charge in [0.1, 0.15) is 0 Å².